The summed E-state index contributed by atoms with van der Waals surface area (Å²) in [5.74, 6) is -0.0455. The molecule has 1 atom stereocenters. The first-order valence-corrected chi connectivity index (χ1v) is 6.88. The van der Waals surface area contributed by atoms with E-state index in [9.17, 15) is 4.79 Å². The molecule has 6 heteroatoms. The maximum Gasteiger partial charge on any atom is 0.222 e. The van der Waals surface area contributed by atoms with Crippen LogP contribution >= 0.6 is 0 Å². The molecule has 21 heavy (non-hydrogen) atoms. The molecule has 112 valence electrons. The van der Waals surface area contributed by atoms with Crippen LogP contribution in [-0.2, 0) is 16.1 Å². The number of hydrogen-bond acceptors (Lipinski definition) is 4. The Morgan fingerprint density at radius 1 is 1.43 bits per heavy atom. The molecule has 0 saturated heterocycles. The van der Waals surface area contributed by atoms with Gasteiger partial charge in [-0.05, 0) is 25.1 Å². The maximum atomic E-state index is 12.0. The standard InChI is InChI=1S/C15H20N4O2/c1-12-6-9-19(18-12)10-7-15(20)17-14(11-21-2)13-5-3-4-8-16-13/h3-6,8-9,14H,7,10-11H2,1-2H3,(H,17,20)/t14-/m1/s1. The highest BCUT2D eigenvalue weighted by molar-refractivity contribution is 5.76. The monoisotopic (exact) mass is 288 g/mol. The van der Waals surface area contributed by atoms with Crippen LogP contribution < -0.4 is 5.32 Å². The number of ether oxygens (including phenoxy) is 1. The quantitative estimate of drug-likeness (QED) is 0.838. The average molecular weight is 288 g/mol. The first-order chi connectivity index (χ1) is 10.2. The number of nitrogens with zero attached hydrogens (tertiary/aromatic N) is 3. The molecular formula is C15H20N4O2. The highest BCUT2D eigenvalue weighted by Crippen LogP contribution is 2.10. The summed E-state index contributed by atoms with van der Waals surface area (Å²) in [5.41, 5.74) is 1.74. The van der Waals surface area contributed by atoms with Crippen molar-refractivity contribution in [2.45, 2.75) is 25.9 Å². The van der Waals surface area contributed by atoms with Gasteiger partial charge < -0.3 is 10.1 Å². The number of rotatable bonds is 7. The van der Waals surface area contributed by atoms with Crippen LogP contribution in [-0.4, -0.2) is 34.4 Å². The van der Waals surface area contributed by atoms with Crippen molar-refractivity contribution in [3.05, 3.63) is 48.0 Å². The second-order valence-electron chi connectivity index (χ2n) is 4.80. The zero-order chi connectivity index (χ0) is 15.1. The highest BCUT2D eigenvalue weighted by Gasteiger charge is 2.15. The molecule has 0 spiro atoms. The van der Waals surface area contributed by atoms with Gasteiger partial charge in [-0.25, -0.2) is 0 Å². The Morgan fingerprint density at radius 2 is 2.29 bits per heavy atom. The van der Waals surface area contributed by atoms with Gasteiger partial charge in [0.25, 0.3) is 0 Å². The number of carbonyl (C=O) groups excluding carboxylic acids is 1. The van der Waals surface area contributed by atoms with Gasteiger partial charge in [-0.2, -0.15) is 5.10 Å². The molecule has 0 radical (unpaired) electrons. The fourth-order valence-corrected chi connectivity index (χ4v) is 2.02. The molecular weight excluding hydrogens is 268 g/mol. The number of aromatic nitrogens is 3. The van der Waals surface area contributed by atoms with Crippen LogP contribution in [0.5, 0.6) is 0 Å². The van der Waals surface area contributed by atoms with Crippen LogP contribution in [0.4, 0.5) is 0 Å². The predicted octanol–water partition coefficient (Wildman–Crippen LogP) is 1.48. The molecule has 0 fully saturated rings. The van der Waals surface area contributed by atoms with Gasteiger partial charge in [0.05, 0.1) is 24.0 Å². The molecule has 0 unspecified atom stereocenters. The minimum absolute atomic E-state index is 0.0455. The summed E-state index contributed by atoms with van der Waals surface area (Å²) >= 11 is 0. The summed E-state index contributed by atoms with van der Waals surface area (Å²) < 4.78 is 6.92. The van der Waals surface area contributed by atoms with Crippen molar-refractivity contribution in [3.63, 3.8) is 0 Å². The van der Waals surface area contributed by atoms with E-state index in [1.165, 1.54) is 0 Å². The Labute approximate surface area is 124 Å². The van der Waals surface area contributed by atoms with Crippen molar-refractivity contribution in [2.24, 2.45) is 0 Å². The van der Waals surface area contributed by atoms with E-state index in [-0.39, 0.29) is 11.9 Å². The van der Waals surface area contributed by atoms with E-state index in [1.807, 2.05) is 37.4 Å². The van der Waals surface area contributed by atoms with Crippen molar-refractivity contribution < 1.29 is 9.53 Å². The number of nitrogens with one attached hydrogen (secondary N) is 1. The zero-order valence-corrected chi connectivity index (χ0v) is 12.3. The Bertz CT molecular complexity index is 568. The highest BCUT2D eigenvalue weighted by atomic mass is 16.5. The van der Waals surface area contributed by atoms with Gasteiger partial charge in [-0.15, -0.1) is 0 Å². The maximum absolute atomic E-state index is 12.0. The lowest BCUT2D eigenvalue weighted by molar-refractivity contribution is -0.122. The largest absolute Gasteiger partial charge is 0.382 e. The zero-order valence-electron chi connectivity index (χ0n) is 12.3. The number of hydrogen-bond donors (Lipinski definition) is 1. The third-order valence-electron chi connectivity index (χ3n) is 3.06. The smallest absolute Gasteiger partial charge is 0.222 e. The van der Waals surface area contributed by atoms with Crippen LogP contribution in [0.2, 0.25) is 0 Å². The van der Waals surface area contributed by atoms with E-state index < -0.39 is 0 Å². The van der Waals surface area contributed by atoms with Crippen LogP contribution in [0.1, 0.15) is 23.9 Å². The summed E-state index contributed by atoms with van der Waals surface area (Å²) in [6, 6.07) is 7.29. The molecule has 6 nitrogen and oxygen atoms in total. The van der Waals surface area contributed by atoms with E-state index in [1.54, 1.807) is 18.0 Å². The Hall–Kier alpha value is -2.21. The number of carbonyl (C=O) groups is 1. The van der Waals surface area contributed by atoms with Crippen LogP contribution in [0.25, 0.3) is 0 Å². The van der Waals surface area contributed by atoms with Crippen molar-refractivity contribution in [1.29, 1.82) is 0 Å². The second-order valence-corrected chi connectivity index (χ2v) is 4.80. The average Bonchev–Trinajstić information content (AvgIpc) is 2.91. The first-order valence-electron chi connectivity index (χ1n) is 6.88. The SMILES string of the molecule is COC[C@@H](NC(=O)CCn1ccc(C)n1)c1ccccn1. The molecule has 1 N–H and O–H groups in total. The van der Waals surface area contributed by atoms with Gasteiger partial charge in [0.15, 0.2) is 0 Å². The fraction of sp³-hybridized carbons (Fsp3) is 0.400. The number of amides is 1. The molecule has 2 aromatic rings. The second kappa shape index (κ2) is 7.54. The molecule has 2 aromatic heterocycles. The molecule has 2 heterocycles. The molecule has 0 aliphatic carbocycles. The fourth-order valence-electron chi connectivity index (χ4n) is 2.02. The minimum atomic E-state index is -0.233. The van der Waals surface area contributed by atoms with Gasteiger partial charge in [0.1, 0.15) is 0 Å². The predicted molar refractivity (Wildman–Crippen MR) is 78.6 cm³/mol. The summed E-state index contributed by atoms with van der Waals surface area (Å²) in [7, 11) is 1.61. The molecule has 0 bridgehead atoms. The van der Waals surface area contributed by atoms with E-state index in [4.69, 9.17) is 4.74 Å². The van der Waals surface area contributed by atoms with Gasteiger partial charge >= 0.3 is 0 Å². The van der Waals surface area contributed by atoms with Crippen molar-refractivity contribution in [3.8, 4) is 0 Å². The Kier molecular flexibility index (Phi) is 5.45. The Balaban J connectivity index is 1.89. The third kappa shape index (κ3) is 4.68. The van der Waals surface area contributed by atoms with Crippen molar-refractivity contribution >= 4 is 5.91 Å². The van der Waals surface area contributed by atoms with Crippen LogP contribution in [0, 0.1) is 6.92 Å². The molecule has 0 aliphatic rings. The molecule has 1 amide bonds. The van der Waals surface area contributed by atoms with Crippen molar-refractivity contribution in [1.82, 2.24) is 20.1 Å². The summed E-state index contributed by atoms with van der Waals surface area (Å²) in [6.45, 7) is 2.87. The summed E-state index contributed by atoms with van der Waals surface area (Å²) in [5, 5.41) is 7.20. The molecule has 0 saturated carbocycles. The lowest BCUT2D eigenvalue weighted by atomic mass is 10.2. The normalized spacial score (nSPS) is 12.1. The topological polar surface area (TPSA) is 69.0 Å². The lowest BCUT2D eigenvalue weighted by Crippen LogP contribution is -2.32. The number of methoxy groups -OCH3 is 1. The van der Waals surface area contributed by atoms with Gasteiger partial charge in [-0.3, -0.25) is 14.5 Å². The Morgan fingerprint density at radius 3 is 2.90 bits per heavy atom. The van der Waals surface area contributed by atoms with E-state index in [0.717, 1.165) is 11.4 Å². The van der Waals surface area contributed by atoms with Gasteiger partial charge in [0, 0.05) is 32.5 Å². The summed E-state index contributed by atoms with van der Waals surface area (Å²) in [4.78, 5) is 16.3. The first kappa shape index (κ1) is 15.2. The molecule has 0 aliphatic heterocycles. The summed E-state index contributed by atoms with van der Waals surface area (Å²) in [6.07, 6.45) is 3.94. The van der Waals surface area contributed by atoms with E-state index in [0.29, 0.717) is 19.6 Å². The molecule has 0 aromatic carbocycles. The van der Waals surface area contributed by atoms with Crippen LogP contribution in [0.3, 0.4) is 0 Å². The minimum Gasteiger partial charge on any atom is -0.382 e. The van der Waals surface area contributed by atoms with Gasteiger partial charge in [-0.1, -0.05) is 6.07 Å². The number of pyridine rings is 1. The van der Waals surface area contributed by atoms with E-state index >= 15 is 0 Å². The number of aryl methyl sites for hydroxylation is 2. The van der Waals surface area contributed by atoms with Gasteiger partial charge in [0.2, 0.25) is 5.91 Å². The van der Waals surface area contributed by atoms with E-state index in [2.05, 4.69) is 15.4 Å². The van der Waals surface area contributed by atoms with Crippen LogP contribution in [0.15, 0.2) is 36.7 Å². The third-order valence-corrected chi connectivity index (χ3v) is 3.06. The molecule has 2 rings (SSSR count). The lowest BCUT2D eigenvalue weighted by Gasteiger charge is -2.17. The van der Waals surface area contributed by atoms with Crippen molar-refractivity contribution in [2.75, 3.05) is 13.7 Å².